The number of ether oxygens (including phenoxy) is 3. The quantitative estimate of drug-likeness (QED) is 0.702. The van der Waals surface area contributed by atoms with E-state index in [4.69, 9.17) is 19.9 Å². The molecule has 1 amide bonds. The molecular weight excluding hydrogens is 260 g/mol. The SMILES string of the molecule is NCCOCCCNC(=O)C1COc2ccccc2O1. The number of hydrogen-bond donors (Lipinski definition) is 2. The standard InChI is InChI=1S/C14H20N2O4/c15-6-9-18-8-3-7-16-14(17)13-10-19-11-4-1-2-5-12(11)20-13/h1-2,4-5,13H,3,6-10,15H2,(H,16,17). The predicted molar refractivity (Wildman–Crippen MR) is 73.9 cm³/mol. The summed E-state index contributed by atoms with van der Waals surface area (Å²) in [6.07, 6.45) is 0.144. The summed E-state index contributed by atoms with van der Waals surface area (Å²) in [5.41, 5.74) is 5.30. The summed E-state index contributed by atoms with van der Waals surface area (Å²) in [4.78, 5) is 11.9. The van der Waals surface area contributed by atoms with E-state index in [0.29, 0.717) is 37.8 Å². The van der Waals surface area contributed by atoms with Gasteiger partial charge in [-0.3, -0.25) is 4.79 Å². The van der Waals surface area contributed by atoms with Crippen LogP contribution in [-0.2, 0) is 9.53 Å². The van der Waals surface area contributed by atoms with E-state index in [9.17, 15) is 4.79 Å². The monoisotopic (exact) mass is 280 g/mol. The smallest absolute Gasteiger partial charge is 0.264 e. The van der Waals surface area contributed by atoms with Crippen molar-refractivity contribution < 1.29 is 19.0 Å². The van der Waals surface area contributed by atoms with Gasteiger partial charge >= 0.3 is 0 Å². The minimum absolute atomic E-state index is 0.168. The molecule has 1 atom stereocenters. The second-order valence-corrected chi connectivity index (χ2v) is 4.41. The number of para-hydroxylation sites is 2. The molecule has 6 nitrogen and oxygen atoms in total. The minimum atomic E-state index is -0.602. The van der Waals surface area contributed by atoms with Gasteiger partial charge in [-0.25, -0.2) is 0 Å². The summed E-state index contributed by atoms with van der Waals surface area (Å²) in [6.45, 7) is 2.42. The maximum Gasteiger partial charge on any atom is 0.264 e. The van der Waals surface area contributed by atoms with Gasteiger partial charge in [-0.1, -0.05) is 12.1 Å². The van der Waals surface area contributed by atoms with Gasteiger partial charge in [0.25, 0.3) is 5.91 Å². The molecule has 2 rings (SSSR count). The summed E-state index contributed by atoms with van der Waals surface area (Å²) in [6, 6.07) is 7.31. The molecule has 3 N–H and O–H groups in total. The molecule has 0 saturated carbocycles. The summed E-state index contributed by atoms with van der Waals surface area (Å²) in [5, 5.41) is 2.80. The molecule has 0 radical (unpaired) electrons. The van der Waals surface area contributed by atoms with Crippen molar-refractivity contribution in [3.05, 3.63) is 24.3 Å². The first kappa shape index (κ1) is 14.6. The molecule has 0 fully saturated rings. The van der Waals surface area contributed by atoms with Crippen LogP contribution in [0.5, 0.6) is 11.5 Å². The van der Waals surface area contributed by atoms with Gasteiger partial charge in [0, 0.05) is 19.7 Å². The normalized spacial score (nSPS) is 16.8. The largest absolute Gasteiger partial charge is 0.485 e. The Balaban J connectivity index is 1.69. The first-order valence-electron chi connectivity index (χ1n) is 6.75. The molecule has 110 valence electrons. The highest BCUT2D eigenvalue weighted by Gasteiger charge is 2.26. The molecule has 0 saturated heterocycles. The number of nitrogens with two attached hydrogens (primary N) is 1. The van der Waals surface area contributed by atoms with Gasteiger partial charge in [0.2, 0.25) is 6.10 Å². The second-order valence-electron chi connectivity index (χ2n) is 4.41. The molecule has 20 heavy (non-hydrogen) atoms. The molecule has 0 aromatic heterocycles. The number of rotatable bonds is 7. The lowest BCUT2D eigenvalue weighted by Gasteiger charge is -2.25. The first-order chi connectivity index (χ1) is 9.81. The van der Waals surface area contributed by atoms with Crippen molar-refractivity contribution in [2.75, 3.05) is 32.9 Å². The van der Waals surface area contributed by atoms with E-state index >= 15 is 0 Å². The van der Waals surface area contributed by atoms with Gasteiger partial charge in [-0.2, -0.15) is 0 Å². The molecule has 1 aliphatic heterocycles. The van der Waals surface area contributed by atoms with E-state index in [1.54, 1.807) is 6.07 Å². The lowest BCUT2D eigenvalue weighted by molar-refractivity contribution is -0.130. The van der Waals surface area contributed by atoms with Crippen molar-refractivity contribution in [3.8, 4) is 11.5 Å². The topological polar surface area (TPSA) is 82.8 Å². The van der Waals surface area contributed by atoms with Crippen molar-refractivity contribution in [2.45, 2.75) is 12.5 Å². The van der Waals surface area contributed by atoms with E-state index in [1.807, 2.05) is 18.2 Å². The number of amides is 1. The molecule has 1 heterocycles. The van der Waals surface area contributed by atoms with Crippen LogP contribution < -0.4 is 20.5 Å². The van der Waals surface area contributed by atoms with Crippen LogP contribution in [0.1, 0.15) is 6.42 Å². The number of carbonyl (C=O) groups is 1. The highest BCUT2D eigenvalue weighted by atomic mass is 16.6. The van der Waals surface area contributed by atoms with E-state index in [2.05, 4.69) is 5.32 Å². The van der Waals surface area contributed by atoms with E-state index in [1.165, 1.54) is 0 Å². The number of benzene rings is 1. The molecule has 6 heteroatoms. The highest BCUT2D eigenvalue weighted by Crippen LogP contribution is 2.30. The highest BCUT2D eigenvalue weighted by molar-refractivity contribution is 5.81. The third-order valence-electron chi connectivity index (χ3n) is 2.83. The first-order valence-corrected chi connectivity index (χ1v) is 6.75. The molecule has 0 aliphatic carbocycles. The van der Waals surface area contributed by atoms with Crippen molar-refractivity contribution in [2.24, 2.45) is 5.73 Å². The van der Waals surface area contributed by atoms with E-state index in [0.717, 1.165) is 6.42 Å². The summed E-state index contributed by atoms with van der Waals surface area (Å²) in [5.74, 6) is 1.11. The third kappa shape index (κ3) is 4.11. The number of carbonyl (C=O) groups excluding carboxylic acids is 1. The molecule has 1 aromatic carbocycles. The molecule has 1 aromatic rings. The van der Waals surface area contributed by atoms with E-state index < -0.39 is 6.10 Å². The summed E-state index contributed by atoms with van der Waals surface area (Å²) in [7, 11) is 0. The molecular formula is C14H20N2O4. The summed E-state index contributed by atoms with van der Waals surface area (Å²) >= 11 is 0. The average Bonchev–Trinajstić information content (AvgIpc) is 2.50. The van der Waals surface area contributed by atoms with Gasteiger partial charge < -0.3 is 25.3 Å². The second kappa shape index (κ2) is 7.72. The van der Waals surface area contributed by atoms with Crippen LogP contribution in [0.2, 0.25) is 0 Å². The Morgan fingerprint density at radius 2 is 2.15 bits per heavy atom. The molecule has 1 aliphatic rings. The fraction of sp³-hybridized carbons (Fsp3) is 0.500. The Morgan fingerprint density at radius 1 is 1.35 bits per heavy atom. The molecule has 1 unspecified atom stereocenters. The van der Waals surface area contributed by atoms with Crippen molar-refractivity contribution >= 4 is 5.91 Å². The van der Waals surface area contributed by atoms with Crippen molar-refractivity contribution in [1.29, 1.82) is 0 Å². The zero-order valence-corrected chi connectivity index (χ0v) is 11.3. The number of nitrogens with one attached hydrogen (secondary N) is 1. The van der Waals surface area contributed by atoms with E-state index in [-0.39, 0.29) is 12.5 Å². The van der Waals surface area contributed by atoms with Gasteiger partial charge in [0.15, 0.2) is 11.5 Å². The lowest BCUT2D eigenvalue weighted by Crippen LogP contribution is -2.44. The van der Waals surface area contributed by atoms with Crippen LogP contribution in [0, 0.1) is 0 Å². The predicted octanol–water partition coefficient (Wildman–Crippen LogP) is 0.308. The molecule has 0 spiro atoms. The van der Waals surface area contributed by atoms with Gasteiger partial charge in [0.05, 0.1) is 6.61 Å². The van der Waals surface area contributed by atoms with Crippen molar-refractivity contribution in [3.63, 3.8) is 0 Å². The number of fused-ring (bicyclic) bond motifs is 1. The Hall–Kier alpha value is -1.79. The van der Waals surface area contributed by atoms with Crippen LogP contribution in [-0.4, -0.2) is 44.9 Å². The van der Waals surface area contributed by atoms with Crippen LogP contribution in [0.25, 0.3) is 0 Å². The Bertz CT molecular complexity index is 439. The summed E-state index contributed by atoms with van der Waals surface area (Å²) < 4.78 is 16.3. The van der Waals surface area contributed by atoms with Crippen LogP contribution in [0.3, 0.4) is 0 Å². The molecule has 0 bridgehead atoms. The third-order valence-corrected chi connectivity index (χ3v) is 2.83. The van der Waals surface area contributed by atoms with Crippen molar-refractivity contribution in [1.82, 2.24) is 5.32 Å². The minimum Gasteiger partial charge on any atom is -0.485 e. The van der Waals surface area contributed by atoms with Gasteiger partial charge in [0.1, 0.15) is 6.61 Å². The zero-order valence-electron chi connectivity index (χ0n) is 11.3. The zero-order chi connectivity index (χ0) is 14.2. The maximum atomic E-state index is 11.9. The average molecular weight is 280 g/mol. The van der Waals surface area contributed by atoms with Crippen LogP contribution in [0.4, 0.5) is 0 Å². The fourth-order valence-electron chi connectivity index (χ4n) is 1.83. The van der Waals surface area contributed by atoms with Gasteiger partial charge in [-0.15, -0.1) is 0 Å². The fourth-order valence-corrected chi connectivity index (χ4v) is 1.83. The number of hydrogen-bond acceptors (Lipinski definition) is 5. The lowest BCUT2D eigenvalue weighted by atomic mass is 10.2. The Morgan fingerprint density at radius 3 is 2.95 bits per heavy atom. The maximum absolute atomic E-state index is 11.9. The van der Waals surface area contributed by atoms with Gasteiger partial charge in [-0.05, 0) is 18.6 Å². The Kier molecular flexibility index (Phi) is 5.64. The van der Waals surface area contributed by atoms with Crippen LogP contribution >= 0.6 is 0 Å². The van der Waals surface area contributed by atoms with Crippen LogP contribution in [0.15, 0.2) is 24.3 Å². The Labute approximate surface area is 118 Å².